The molecule has 1 saturated carbocycles. The third kappa shape index (κ3) is 13.0. The Bertz CT molecular complexity index is 2730. The van der Waals surface area contributed by atoms with Crippen LogP contribution < -0.4 is 15.4 Å². The molecule has 0 radical (unpaired) electrons. The van der Waals surface area contributed by atoms with Crippen LogP contribution in [0.3, 0.4) is 0 Å². The Labute approximate surface area is 414 Å². The lowest BCUT2D eigenvalue weighted by Gasteiger charge is -2.38. The number of halogens is 4. The molecule has 0 spiro atoms. The summed E-state index contributed by atoms with van der Waals surface area (Å²) in [6.07, 6.45) is -1.21. The summed E-state index contributed by atoms with van der Waals surface area (Å²) in [5, 5.41) is 16.2. The summed E-state index contributed by atoms with van der Waals surface area (Å²) in [6, 6.07) is 31.0. The number of alkyl carbamates (subject to hydrolysis) is 1. The van der Waals surface area contributed by atoms with Gasteiger partial charge in [-0.05, 0) is 83.7 Å². The molecule has 0 heterocycles. The Morgan fingerprint density at radius 1 is 0.829 bits per heavy atom. The Hall–Kier alpha value is -7.02. The predicted octanol–water partition coefficient (Wildman–Crippen LogP) is 11.0. The lowest BCUT2D eigenvalue weighted by Crippen LogP contribution is -2.42. The fraction of sp³-hybridized carbons (Fsp3) is 0.321. The number of hydrogen-bond donors (Lipinski definition) is 2. The minimum absolute atomic E-state index is 0.00521. The lowest BCUT2D eigenvalue weighted by molar-refractivity contribution is -0.149. The molecule has 0 bridgehead atoms. The Morgan fingerprint density at radius 2 is 1.50 bits per heavy atom. The van der Waals surface area contributed by atoms with Gasteiger partial charge in [-0.15, -0.1) is 0 Å². The fourth-order valence-corrected chi connectivity index (χ4v) is 9.14. The van der Waals surface area contributed by atoms with E-state index in [9.17, 15) is 29.2 Å². The summed E-state index contributed by atoms with van der Waals surface area (Å²) in [5.74, 6) is -7.74. The summed E-state index contributed by atoms with van der Waals surface area (Å²) in [5.41, 5.74) is -0.800. The minimum Gasteiger partial charge on any atom is -0.495 e. The number of amides is 2. The van der Waals surface area contributed by atoms with Crippen LogP contribution in [0.2, 0.25) is 10.0 Å². The molecule has 366 valence electrons. The van der Waals surface area contributed by atoms with Crippen molar-refractivity contribution in [3.63, 3.8) is 0 Å². The van der Waals surface area contributed by atoms with Crippen LogP contribution in [0.1, 0.15) is 85.0 Å². The first-order chi connectivity index (χ1) is 33.4. The summed E-state index contributed by atoms with van der Waals surface area (Å²) >= 11 is 12.5. The molecular weight excluding hydrogens is 947 g/mol. The maximum atomic E-state index is 16.2. The van der Waals surface area contributed by atoms with Crippen molar-refractivity contribution in [1.29, 1.82) is 5.26 Å². The van der Waals surface area contributed by atoms with Crippen molar-refractivity contribution in [2.24, 2.45) is 17.3 Å². The van der Waals surface area contributed by atoms with E-state index >= 15 is 8.78 Å². The molecule has 13 nitrogen and oxygen atoms in total. The zero-order valence-corrected chi connectivity index (χ0v) is 40.3. The van der Waals surface area contributed by atoms with Crippen LogP contribution in [-0.4, -0.2) is 49.9 Å². The van der Waals surface area contributed by atoms with Crippen molar-refractivity contribution in [3.05, 3.63) is 165 Å². The van der Waals surface area contributed by atoms with Crippen molar-refractivity contribution in [2.45, 2.75) is 77.0 Å². The van der Waals surface area contributed by atoms with Crippen LogP contribution in [-0.2, 0) is 52.0 Å². The molecular formula is C53H51Cl2F2N3O10. The molecule has 5 aromatic rings. The van der Waals surface area contributed by atoms with Crippen molar-refractivity contribution < 1.29 is 56.4 Å². The van der Waals surface area contributed by atoms with E-state index in [2.05, 4.69) is 16.7 Å². The van der Waals surface area contributed by atoms with Gasteiger partial charge in [0.25, 0.3) is 0 Å². The highest BCUT2D eigenvalue weighted by molar-refractivity contribution is 6.31. The van der Waals surface area contributed by atoms with Gasteiger partial charge in [0.15, 0.2) is 0 Å². The number of nitrogens with zero attached hydrogens (tertiary/aromatic N) is 1. The molecule has 0 unspecified atom stereocenters. The number of benzene rings is 5. The second-order valence-corrected chi connectivity index (χ2v) is 18.7. The van der Waals surface area contributed by atoms with E-state index < -0.39 is 83.0 Å². The number of esters is 3. The van der Waals surface area contributed by atoms with E-state index in [1.165, 1.54) is 55.6 Å². The normalized spacial score (nSPS) is 17.8. The maximum absolute atomic E-state index is 16.2. The van der Waals surface area contributed by atoms with Crippen molar-refractivity contribution in [1.82, 2.24) is 5.32 Å². The molecule has 5 aromatic carbocycles. The molecule has 70 heavy (non-hydrogen) atoms. The fourth-order valence-electron chi connectivity index (χ4n) is 8.80. The van der Waals surface area contributed by atoms with E-state index in [-0.39, 0.29) is 70.6 Å². The molecule has 5 atom stereocenters. The molecule has 17 heteroatoms. The summed E-state index contributed by atoms with van der Waals surface area (Å²) in [4.78, 5) is 66.4. The standard InChI is InChI=1S/C53H51Cl2F2N3O10/c1-52(2,3)27-35-25-38(46(37-16-11-17-40(55)47(37)57)53(35,30-58)39-20-19-36(54)26-41(39)56)48(62)59-42-21-18-34(24-44(42)66-4)49(63)69-31-70-51(65)60-43(50(64)68-29-33-14-9-6-10-15-33)22-23-45(61)67-28-32-12-7-5-8-13-32/h5-21,24,26,35,38,43,46H,22-23,25,27-29,31H2,1-4H3,(H,59,62)(H,60,65)/t35-,38+,43-,46-,53+/m0/s1. The number of carbonyl (C=O) groups is 5. The third-order valence-corrected chi connectivity index (χ3v) is 12.4. The molecule has 2 amide bonds. The van der Waals surface area contributed by atoms with Crippen LogP contribution in [0.25, 0.3) is 0 Å². The number of carbonyl (C=O) groups excluding carboxylic acids is 5. The van der Waals surface area contributed by atoms with Crippen LogP contribution >= 0.6 is 23.2 Å². The van der Waals surface area contributed by atoms with Crippen LogP contribution in [0.5, 0.6) is 5.75 Å². The van der Waals surface area contributed by atoms with E-state index in [1.54, 1.807) is 54.6 Å². The highest BCUT2D eigenvalue weighted by Crippen LogP contribution is 2.61. The highest BCUT2D eigenvalue weighted by Gasteiger charge is 2.61. The smallest absolute Gasteiger partial charge is 0.410 e. The summed E-state index contributed by atoms with van der Waals surface area (Å²) in [7, 11) is 1.29. The van der Waals surface area contributed by atoms with Gasteiger partial charge in [-0.2, -0.15) is 5.26 Å². The van der Waals surface area contributed by atoms with Gasteiger partial charge in [0, 0.05) is 28.8 Å². The van der Waals surface area contributed by atoms with Crippen molar-refractivity contribution in [2.75, 3.05) is 19.2 Å². The number of anilines is 1. The first-order valence-electron chi connectivity index (χ1n) is 22.2. The van der Waals surface area contributed by atoms with Gasteiger partial charge in [0.2, 0.25) is 12.7 Å². The topological polar surface area (TPSA) is 179 Å². The van der Waals surface area contributed by atoms with Gasteiger partial charge in [-0.25, -0.2) is 23.2 Å². The largest absolute Gasteiger partial charge is 0.495 e. The number of rotatable bonds is 18. The van der Waals surface area contributed by atoms with Crippen LogP contribution in [0.15, 0.2) is 115 Å². The Balaban J connectivity index is 1.14. The average Bonchev–Trinajstić information content (AvgIpc) is 3.65. The summed E-state index contributed by atoms with van der Waals surface area (Å²) < 4.78 is 58.8. The van der Waals surface area contributed by atoms with Gasteiger partial charge in [-0.1, -0.05) is 123 Å². The van der Waals surface area contributed by atoms with Gasteiger partial charge in [0.05, 0.1) is 34.9 Å². The number of nitrogens with one attached hydrogen (secondary N) is 2. The minimum atomic E-state index is -1.77. The maximum Gasteiger partial charge on any atom is 0.410 e. The quantitative estimate of drug-likeness (QED) is 0.0485. The van der Waals surface area contributed by atoms with Crippen molar-refractivity contribution >= 4 is 58.8 Å². The lowest BCUT2D eigenvalue weighted by atomic mass is 9.62. The third-order valence-electron chi connectivity index (χ3n) is 11.9. The first-order valence-corrected chi connectivity index (χ1v) is 23.0. The molecule has 1 fully saturated rings. The molecule has 0 saturated heterocycles. The van der Waals surface area contributed by atoms with E-state index in [4.69, 9.17) is 46.9 Å². The predicted molar refractivity (Wildman–Crippen MR) is 256 cm³/mol. The van der Waals surface area contributed by atoms with Crippen LogP contribution in [0.4, 0.5) is 19.3 Å². The summed E-state index contributed by atoms with van der Waals surface area (Å²) in [6.45, 7) is 4.86. The number of methoxy groups -OCH3 is 1. The monoisotopic (exact) mass is 997 g/mol. The first kappa shape index (κ1) is 52.4. The zero-order chi connectivity index (χ0) is 50.6. The molecule has 1 aliphatic carbocycles. The second-order valence-electron chi connectivity index (χ2n) is 17.9. The molecule has 1 aliphatic rings. The number of hydrogen-bond acceptors (Lipinski definition) is 11. The average molecular weight is 999 g/mol. The molecule has 6 rings (SSSR count). The van der Waals surface area contributed by atoms with E-state index in [0.717, 1.165) is 11.6 Å². The molecule has 0 aliphatic heterocycles. The molecule has 0 aromatic heterocycles. The van der Waals surface area contributed by atoms with E-state index in [1.807, 2.05) is 26.8 Å². The SMILES string of the molecule is COc1cc(C(=O)OCOC(=O)N[C@@H](CCC(=O)OCc2ccccc2)C(=O)OCc2ccccc2)ccc1NC(=O)[C@@H]1C[C@@H](CC(C)(C)C)[C@](C#N)(c2ccc(Cl)cc2F)[C@H]1c1cccc(Cl)c1F. The van der Waals surface area contributed by atoms with Gasteiger partial charge < -0.3 is 34.3 Å². The van der Waals surface area contributed by atoms with Gasteiger partial charge in [0.1, 0.15) is 36.6 Å². The zero-order valence-electron chi connectivity index (χ0n) is 38.8. The second kappa shape index (κ2) is 23.5. The van der Waals surface area contributed by atoms with Gasteiger partial charge >= 0.3 is 24.0 Å². The van der Waals surface area contributed by atoms with Gasteiger partial charge in [-0.3, -0.25) is 9.59 Å². The Morgan fingerprint density at radius 3 is 2.13 bits per heavy atom. The van der Waals surface area contributed by atoms with Crippen LogP contribution in [0, 0.1) is 40.2 Å². The molecule has 2 N–H and O–H groups in total. The van der Waals surface area contributed by atoms with E-state index in [0.29, 0.717) is 12.0 Å². The Kier molecular flexibility index (Phi) is 17.6. The number of nitriles is 1. The number of ether oxygens (including phenoxy) is 5. The highest BCUT2D eigenvalue weighted by atomic mass is 35.5. The van der Waals surface area contributed by atoms with Crippen molar-refractivity contribution in [3.8, 4) is 11.8 Å².